The number of nitrogens with zero attached hydrogens (tertiary/aromatic N) is 3. The Kier molecular flexibility index (Phi) is 3.30. The molecule has 72 valence electrons. The van der Waals surface area contributed by atoms with Gasteiger partial charge in [0.15, 0.2) is 5.16 Å². The maximum absolute atomic E-state index is 11.0. The van der Waals surface area contributed by atoms with Gasteiger partial charge < -0.3 is 9.30 Å². The number of esters is 1. The predicted octanol–water partition coefficient (Wildman–Crippen LogP) is 0.469. The predicted molar refractivity (Wildman–Crippen MR) is 48.3 cm³/mol. The van der Waals surface area contributed by atoms with Gasteiger partial charge in [-0.2, -0.15) is 0 Å². The van der Waals surface area contributed by atoms with Gasteiger partial charge in [-0.25, -0.2) is 0 Å². The molecule has 1 aromatic rings. The smallest absolute Gasteiger partial charge is 0.318 e. The van der Waals surface area contributed by atoms with Crippen molar-refractivity contribution in [1.82, 2.24) is 14.8 Å². The molecule has 0 bridgehead atoms. The maximum Gasteiger partial charge on any atom is 0.318 e. The van der Waals surface area contributed by atoms with Gasteiger partial charge in [-0.3, -0.25) is 4.79 Å². The van der Waals surface area contributed by atoms with Crippen molar-refractivity contribution in [2.75, 3.05) is 7.11 Å². The van der Waals surface area contributed by atoms with Gasteiger partial charge in [0, 0.05) is 7.05 Å². The standard InChI is InChI=1S/C7H11N3O2S/c1-5(6(11)12-3)13-7-9-8-4-10(7)2/h4-5H,1-3H3/t5-/m0/s1. The minimum Gasteiger partial charge on any atom is -0.468 e. The molecule has 0 fully saturated rings. The molecule has 0 aromatic carbocycles. The van der Waals surface area contributed by atoms with E-state index in [1.807, 2.05) is 7.05 Å². The highest BCUT2D eigenvalue weighted by Gasteiger charge is 2.16. The quantitative estimate of drug-likeness (QED) is 0.525. The first kappa shape index (κ1) is 10.0. The third-order valence-electron chi connectivity index (χ3n) is 1.49. The number of carbonyl (C=O) groups excluding carboxylic acids is 1. The van der Waals surface area contributed by atoms with Crippen molar-refractivity contribution in [2.24, 2.45) is 7.05 Å². The first-order chi connectivity index (χ1) is 6.15. The van der Waals surface area contributed by atoms with Crippen LogP contribution in [0.1, 0.15) is 6.92 Å². The second-order valence-corrected chi connectivity index (χ2v) is 3.82. The number of rotatable bonds is 3. The molecule has 1 atom stereocenters. The molecular weight excluding hydrogens is 190 g/mol. The Labute approximate surface area is 80.5 Å². The van der Waals surface area contributed by atoms with Crippen LogP contribution in [0.15, 0.2) is 11.5 Å². The van der Waals surface area contributed by atoms with E-state index < -0.39 is 0 Å². The van der Waals surface area contributed by atoms with Crippen LogP contribution in [0.2, 0.25) is 0 Å². The van der Waals surface area contributed by atoms with Gasteiger partial charge in [-0.05, 0) is 6.92 Å². The van der Waals surface area contributed by atoms with Crippen molar-refractivity contribution in [2.45, 2.75) is 17.3 Å². The Bertz CT molecular complexity index is 300. The summed E-state index contributed by atoms with van der Waals surface area (Å²) in [6.45, 7) is 1.77. The van der Waals surface area contributed by atoms with E-state index >= 15 is 0 Å². The lowest BCUT2D eigenvalue weighted by molar-refractivity contribution is -0.139. The summed E-state index contributed by atoms with van der Waals surface area (Å²) in [4.78, 5) is 11.0. The van der Waals surface area contributed by atoms with E-state index in [2.05, 4.69) is 14.9 Å². The lowest BCUT2D eigenvalue weighted by Crippen LogP contribution is -2.15. The van der Waals surface area contributed by atoms with Crippen LogP contribution in [-0.4, -0.2) is 33.1 Å². The number of aromatic nitrogens is 3. The van der Waals surface area contributed by atoms with Crippen molar-refractivity contribution >= 4 is 17.7 Å². The van der Waals surface area contributed by atoms with Crippen LogP contribution < -0.4 is 0 Å². The first-order valence-electron chi connectivity index (χ1n) is 3.73. The highest BCUT2D eigenvalue weighted by atomic mass is 32.2. The molecule has 1 rings (SSSR count). The molecule has 0 saturated carbocycles. The van der Waals surface area contributed by atoms with E-state index in [0.717, 1.165) is 0 Å². The number of carbonyl (C=O) groups is 1. The van der Waals surface area contributed by atoms with Crippen LogP contribution in [-0.2, 0) is 16.6 Å². The number of aryl methyl sites for hydroxylation is 1. The van der Waals surface area contributed by atoms with Gasteiger partial charge in [0.1, 0.15) is 11.6 Å². The number of hydrogen-bond acceptors (Lipinski definition) is 5. The lowest BCUT2D eigenvalue weighted by Gasteiger charge is -2.06. The van der Waals surface area contributed by atoms with Crippen molar-refractivity contribution in [3.05, 3.63) is 6.33 Å². The molecule has 0 unspecified atom stereocenters. The SMILES string of the molecule is COC(=O)[C@H](C)Sc1nncn1C. The molecule has 0 aliphatic heterocycles. The fourth-order valence-corrected chi connectivity index (χ4v) is 1.57. The summed E-state index contributed by atoms with van der Waals surface area (Å²) in [7, 11) is 3.20. The zero-order chi connectivity index (χ0) is 9.84. The van der Waals surface area contributed by atoms with Crippen LogP contribution >= 0.6 is 11.8 Å². The minimum absolute atomic E-state index is 0.256. The summed E-state index contributed by atoms with van der Waals surface area (Å²) < 4.78 is 6.34. The number of methoxy groups -OCH3 is 1. The third kappa shape index (κ3) is 2.45. The monoisotopic (exact) mass is 201 g/mol. The molecule has 6 heteroatoms. The summed E-state index contributed by atoms with van der Waals surface area (Å²) in [6.07, 6.45) is 1.59. The Morgan fingerprint density at radius 1 is 1.77 bits per heavy atom. The normalized spacial score (nSPS) is 12.5. The topological polar surface area (TPSA) is 57.0 Å². The first-order valence-corrected chi connectivity index (χ1v) is 4.61. The van der Waals surface area contributed by atoms with Crippen LogP contribution in [0.3, 0.4) is 0 Å². The van der Waals surface area contributed by atoms with Crippen LogP contribution in [0.5, 0.6) is 0 Å². The zero-order valence-corrected chi connectivity index (χ0v) is 8.54. The molecule has 0 aliphatic carbocycles. The van der Waals surface area contributed by atoms with E-state index in [9.17, 15) is 4.79 Å². The molecule has 13 heavy (non-hydrogen) atoms. The van der Waals surface area contributed by atoms with Crippen molar-refractivity contribution in [3.8, 4) is 0 Å². The molecule has 0 aliphatic rings. The maximum atomic E-state index is 11.0. The molecule has 0 amide bonds. The van der Waals surface area contributed by atoms with E-state index in [1.165, 1.54) is 18.9 Å². The summed E-state index contributed by atoms with van der Waals surface area (Å²) in [6, 6.07) is 0. The number of ether oxygens (including phenoxy) is 1. The number of thioether (sulfide) groups is 1. The summed E-state index contributed by atoms with van der Waals surface area (Å²) in [5.41, 5.74) is 0. The molecule has 0 N–H and O–H groups in total. The van der Waals surface area contributed by atoms with Gasteiger partial charge in [0.25, 0.3) is 0 Å². The molecule has 1 heterocycles. The zero-order valence-electron chi connectivity index (χ0n) is 7.72. The fourth-order valence-electron chi connectivity index (χ4n) is 0.751. The molecular formula is C7H11N3O2S. The van der Waals surface area contributed by atoms with E-state index in [-0.39, 0.29) is 11.2 Å². The van der Waals surface area contributed by atoms with Gasteiger partial charge in [0.2, 0.25) is 0 Å². The Morgan fingerprint density at radius 3 is 2.92 bits per heavy atom. The van der Waals surface area contributed by atoms with Crippen molar-refractivity contribution < 1.29 is 9.53 Å². The second-order valence-electron chi connectivity index (χ2n) is 2.51. The van der Waals surface area contributed by atoms with Gasteiger partial charge >= 0.3 is 5.97 Å². The number of hydrogen-bond donors (Lipinski definition) is 0. The molecule has 1 aromatic heterocycles. The van der Waals surface area contributed by atoms with Gasteiger partial charge in [-0.1, -0.05) is 11.8 Å². The lowest BCUT2D eigenvalue weighted by atomic mass is 10.5. The molecule has 0 radical (unpaired) electrons. The summed E-state index contributed by atoms with van der Waals surface area (Å²) in [5.74, 6) is -0.256. The fraction of sp³-hybridized carbons (Fsp3) is 0.571. The van der Waals surface area contributed by atoms with Crippen LogP contribution in [0.25, 0.3) is 0 Å². The van der Waals surface area contributed by atoms with Crippen molar-refractivity contribution in [3.63, 3.8) is 0 Å². The molecule has 5 nitrogen and oxygen atoms in total. The highest BCUT2D eigenvalue weighted by molar-refractivity contribution is 8.00. The Hall–Kier alpha value is -1.04. The Morgan fingerprint density at radius 2 is 2.46 bits per heavy atom. The Balaban J connectivity index is 2.59. The van der Waals surface area contributed by atoms with Gasteiger partial charge in [-0.15, -0.1) is 10.2 Å². The van der Waals surface area contributed by atoms with Gasteiger partial charge in [0.05, 0.1) is 7.11 Å². The van der Waals surface area contributed by atoms with Crippen LogP contribution in [0, 0.1) is 0 Å². The highest BCUT2D eigenvalue weighted by Crippen LogP contribution is 2.20. The largest absolute Gasteiger partial charge is 0.468 e. The van der Waals surface area contributed by atoms with Crippen molar-refractivity contribution in [1.29, 1.82) is 0 Å². The summed E-state index contributed by atoms with van der Waals surface area (Å²) >= 11 is 1.32. The molecule has 0 saturated heterocycles. The van der Waals surface area contributed by atoms with E-state index in [4.69, 9.17) is 0 Å². The van der Waals surface area contributed by atoms with E-state index in [0.29, 0.717) is 5.16 Å². The molecule has 0 spiro atoms. The average Bonchev–Trinajstić information content (AvgIpc) is 2.50. The minimum atomic E-state index is -0.257. The van der Waals surface area contributed by atoms with Crippen LogP contribution in [0.4, 0.5) is 0 Å². The average molecular weight is 201 g/mol. The summed E-state index contributed by atoms with van der Waals surface area (Å²) in [5, 5.41) is 7.99. The second kappa shape index (κ2) is 4.27. The third-order valence-corrected chi connectivity index (χ3v) is 2.61. The van der Waals surface area contributed by atoms with E-state index in [1.54, 1.807) is 17.8 Å².